The first-order valence-corrected chi connectivity index (χ1v) is 6.31. The summed E-state index contributed by atoms with van der Waals surface area (Å²) in [5.74, 6) is 0.355. The molecule has 4 nitrogen and oxygen atoms in total. The second-order valence-corrected chi connectivity index (χ2v) is 6.01. The highest BCUT2D eigenvalue weighted by Gasteiger charge is 2.24. The van der Waals surface area contributed by atoms with Gasteiger partial charge in [-0.15, -0.1) is 0 Å². The van der Waals surface area contributed by atoms with Gasteiger partial charge in [-0.1, -0.05) is 13.8 Å². The molecule has 0 aliphatic carbocycles. The maximum absolute atomic E-state index is 11.5. The summed E-state index contributed by atoms with van der Waals surface area (Å²) in [6.45, 7) is 5.52. The zero-order valence-corrected chi connectivity index (χ0v) is 10.0. The van der Waals surface area contributed by atoms with Crippen molar-refractivity contribution in [2.24, 2.45) is 5.92 Å². The average Bonchev–Trinajstić information content (AvgIpc) is 2.12. The van der Waals surface area contributed by atoms with E-state index in [1.807, 2.05) is 19.9 Å². The summed E-state index contributed by atoms with van der Waals surface area (Å²) < 4.78 is 24.1. The molecular weight excluding hydrogens is 200 g/mol. The molecule has 1 unspecified atom stereocenters. The maximum Gasteiger partial charge on any atom is 0.214 e. The quantitative estimate of drug-likeness (QED) is 0.696. The fourth-order valence-corrected chi connectivity index (χ4v) is 2.05. The molecule has 0 aliphatic heterocycles. The van der Waals surface area contributed by atoms with Crippen LogP contribution in [0.3, 0.4) is 0 Å². The first-order chi connectivity index (χ1) is 6.35. The molecule has 0 fully saturated rings. The lowest BCUT2D eigenvalue weighted by Gasteiger charge is -2.22. The van der Waals surface area contributed by atoms with Crippen molar-refractivity contribution in [3.63, 3.8) is 0 Å². The summed E-state index contributed by atoms with van der Waals surface area (Å²) in [6, 6.07) is 1.48. The molecule has 0 amide bonds. The Morgan fingerprint density at radius 2 is 1.93 bits per heavy atom. The Hall–Kier alpha value is -0.600. The zero-order chi connectivity index (χ0) is 11.4. The molecule has 0 radical (unpaired) electrons. The van der Waals surface area contributed by atoms with Crippen molar-refractivity contribution < 1.29 is 8.42 Å². The molecule has 1 atom stereocenters. The van der Waals surface area contributed by atoms with Gasteiger partial charge in [-0.3, -0.25) is 0 Å². The Morgan fingerprint density at radius 3 is 2.21 bits per heavy atom. The number of rotatable bonds is 5. The first-order valence-electron chi connectivity index (χ1n) is 4.70. The normalized spacial score (nSPS) is 14.4. The molecule has 0 saturated heterocycles. The fraction of sp³-hybridized carbons (Fsp3) is 0.889. The van der Waals surface area contributed by atoms with Crippen molar-refractivity contribution >= 4 is 10.0 Å². The van der Waals surface area contributed by atoms with Gasteiger partial charge in [-0.25, -0.2) is 8.42 Å². The van der Waals surface area contributed by atoms with Crippen molar-refractivity contribution in [1.82, 2.24) is 4.31 Å². The first kappa shape index (κ1) is 13.4. The monoisotopic (exact) mass is 218 g/mol. The van der Waals surface area contributed by atoms with Crippen LogP contribution in [0, 0.1) is 17.2 Å². The molecule has 14 heavy (non-hydrogen) atoms. The third-order valence-electron chi connectivity index (χ3n) is 2.09. The average molecular weight is 218 g/mol. The second-order valence-electron chi connectivity index (χ2n) is 3.69. The van der Waals surface area contributed by atoms with Crippen LogP contribution in [-0.4, -0.2) is 31.6 Å². The van der Waals surface area contributed by atoms with Crippen molar-refractivity contribution in [3.8, 4) is 6.07 Å². The van der Waals surface area contributed by atoms with Crippen LogP contribution in [0.25, 0.3) is 0 Å². The number of hydrogen-bond donors (Lipinski definition) is 0. The lowest BCUT2D eigenvalue weighted by molar-refractivity contribution is 0.372. The van der Waals surface area contributed by atoms with Crippen LogP contribution in [0.5, 0.6) is 0 Å². The van der Waals surface area contributed by atoms with Crippen molar-refractivity contribution in [3.05, 3.63) is 0 Å². The molecular formula is C9H18N2O2S. The van der Waals surface area contributed by atoms with Gasteiger partial charge >= 0.3 is 0 Å². The molecule has 0 spiro atoms. The van der Waals surface area contributed by atoms with Gasteiger partial charge in [0.1, 0.15) is 6.04 Å². The van der Waals surface area contributed by atoms with E-state index < -0.39 is 16.1 Å². The maximum atomic E-state index is 11.5. The van der Waals surface area contributed by atoms with E-state index in [1.165, 1.54) is 11.4 Å². The lowest BCUT2D eigenvalue weighted by Crippen LogP contribution is -2.37. The van der Waals surface area contributed by atoms with E-state index >= 15 is 0 Å². The van der Waals surface area contributed by atoms with Crippen molar-refractivity contribution in [1.29, 1.82) is 5.26 Å². The fourth-order valence-electron chi connectivity index (χ4n) is 1.13. The smallest absolute Gasteiger partial charge is 0.212 e. The minimum absolute atomic E-state index is 0.0414. The van der Waals surface area contributed by atoms with Crippen LogP contribution in [0.4, 0.5) is 0 Å². The van der Waals surface area contributed by atoms with Gasteiger partial charge in [-0.2, -0.15) is 9.57 Å². The highest BCUT2D eigenvalue weighted by molar-refractivity contribution is 7.89. The standard InChI is InChI=1S/C9H18N2O2S/c1-5-14(12,13)11(4)9(7-10)6-8(2)3/h8-9H,5-6H2,1-4H3. The van der Waals surface area contributed by atoms with Crippen LogP contribution >= 0.6 is 0 Å². The van der Waals surface area contributed by atoms with Crippen molar-refractivity contribution in [2.45, 2.75) is 33.2 Å². The summed E-state index contributed by atoms with van der Waals surface area (Å²) >= 11 is 0. The zero-order valence-electron chi connectivity index (χ0n) is 9.19. The van der Waals surface area contributed by atoms with Gasteiger partial charge in [0.2, 0.25) is 10.0 Å². The van der Waals surface area contributed by atoms with Crippen molar-refractivity contribution in [2.75, 3.05) is 12.8 Å². The molecule has 0 heterocycles. The van der Waals surface area contributed by atoms with Crippen LogP contribution in [-0.2, 0) is 10.0 Å². The van der Waals surface area contributed by atoms with Gasteiger partial charge < -0.3 is 0 Å². The molecule has 0 aromatic rings. The minimum Gasteiger partial charge on any atom is -0.212 e. The van der Waals surface area contributed by atoms with E-state index in [0.29, 0.717) is 12.3 Å². The van der Waals surface area contributed by atoms with E-state index in [4.69, 9.17) is 5.26 Å². The van der Waals surface area contributed by atoms with Crippen LogP contribution in [0.15, 0.2) is 0 Å². The number of nitrogens with zero attached hydrogens (tertiary/aromatic N) is 2. The summed E-state index contributed by atoms with van der Waals surface area (Å²) in [6.07, 6.45) is 0.576. The van der Waals surface area contributed by atoms with Gasteiger partial charge in [0.25, 0.3) is 0 Å². The molecule has 5 heteroatoms. The molecule has 0 rings (SSSR count). The van der Waals surface area contributed by atoms with Crippen LogP contribution in [0.2, 0.25) is 0 Å². The SMILES string of the molecule is CCS(=O)(=O)N(C)C(C#N)CC(C)C. The molecule has 0 aromatic heterocycles. The molecule has 0 aromatic carbocycles. The number of sulfonamides is 1. The summed E-state index contributed by atoms with van der Waals surface area (Å²) in [5.41, 5.74) is 0. The van der Waals surface area contributed by atoms with Crippen LogP contribution in [0.1, 0.15) is 27.2 Å². The Balaban J connectivity index is 4.65. The van der Waals surface area contributed by atoms with Gasteiger partial charge in [0.15, 0.2) is 0 Å². The molecule has 82 valence electrons. The van der Waals surface area contributed by atoms with E-state index in [2.05, 4.69) is 0 Å². The number of hydrogen-bond acceptors (Lipinski definition) is 3. The number of nitriles is 1. The van der Waals surface area contributed by atoms with Gasteiger partial charge in [0.05, 0.1) is 11.8 Å². The van der Waals surface area contributed by atoms with Crippen LogP contribution < -0.4 is 0 Å². The van der Waals surface area contributed by atoms with E-state index in [9.17, 15) is 8.42 Å². The Bertz CT molecular complexity index is 303. The topological polar surface area (TPSA) is 61.2 Å². The second kappa shape index (κ2) is 5.32. The lowest BCUT2D eigenvalue weighted by atomic mass is 10.1. The molecule has 0 saturated carbocycles. The largest absolute Gasteiger partial charge is 0.214 e. The van der Waals surface area contributed by atoms with E-state index in [1.54, 1.807) is 6.92 Å². The predicted molar refractivity (Wildman–Crippen MR) is 56.1 cm³/mol. The van der Waals surface area contributed by atoms with Gasteiger partial charge in [-0.05, 0) is 19.3 Å². The summed E-state index contributed by atoms with van der Waals surface area (Å²) in [4.78, 5) is 0. The Kier molecular flexibility index (Phi) is 5.09. The van der Waals surface area contributed by atoms with E-state index in [-0.39, 0.29) is 5.75 Å². The minimum atomic E-state index is -3.24. The summed E-state index contributed by atoms with van der Waals surface area (Å²) in [7, 11) is -1.78. The third kappa shape index (κ3) is 3.64. The third-order valence-corrected chi connectivity index (χ3v) is 3.95. The highest BCUT2D eigenvalue weighted by atomic mass is 32.2. The van der Waals surface area contributed by atoms with Gasteiger partial charge in [0, 0.05) is 7.05 Å². The predicted octanol–water partition coefficient (Wildman–Crippen LogP) is 1.21. The molecule has 0 bridgehead atoms. The van der Waals surface area contributed by atoms with E-state index in [0.717, 1.165) is 0 Å². The Labute approximate surface area is 86.6 Å². The molecule has 0 N–H and O–H groups in total. The molecule has 0 aliphatic rings. The summed E-state index contributed by atoms with van der Waals surface area (Å²) in [5, 5.41) is 8.85. The Morgan fingerprint density at radius 1 is 1.43 bits per heavy atom. The highest BCUT2D eigenvalue weighted by Crippen LogP contribution is 2.12.